The number of carboxylic acid groups (broad SMARTS) is 1. The Bertz CT molecular complexity index is 470. The van der Waals surface area contributed by atoms with Gasteiger partial charge in [0.1, 0.15) is 6.04 Å². The maximum Gasteiger partial charge on any atom is 0.308 e. The van der Waals surface area contributed by atoms with Crippen molar-refractivity contribution in [2.45, 2.75) is 57.5 Å². The molecule has 7 heteroatoms. The molecule has 3 atom stereocenters. The van der Waals surface area contributed by atoms with Crippen molar-refractivity contribution in [1.82, 2.24) is 10.2 Å². The van der Waals surface area contributed by atoms with Crippen LogP contribution in [-0.2, 0) is 14.4 Å². The second-order valence-corrected chi connectivity index (χ2v) is 7.28. The summed E-state index contributed by atoms with van der Waals surface area (Å²) < 4.78 is 0. The third-order valence-corrected chi connectivity index (χ3v) is 5.73. The molecule has 2 amide bonds. The van der Waals surface area contributed by atoms with Crippen LogP contribution in [0.1, 0.15) is 46.0 Å². The molecule has 0 aromatic rings. The fourth-order valence-corrected chi connectivity index (χ4v) is 4.53. The number of carboxylic acids is 1. The van der Waals surface area contributed by atoms with Gasteiger partial charge in [0.15, 0.2) is 0 Å². The number of amides is 2. The molecule has 2 N–H and O–H groups in total. The fraction of sp³-hybridized carbons (Fsp3) is 0.800. The van der Waals surface area contributed by atoms with Crippen LogP contribution in [0.25, 0.3) is 0 Å². The van der Waals surface area contributed by atoms with Gasteiger partial charge < -0.3 is 15.3 Å². The summed E-state index contributed by atoms with van der Waals surface area (Å²) >= 11 is 1.56. The van der Waals surface area contributed by atoms with E-state index < -0.39 is 23.5 Å². The van der Waals surface area contributed by atoms with Gasteiger partial charge in [-0.05, 0) is 19.8 Å². The number of carbonyl (C=O) groups excluding carboxylic acids is 2. The number of thioether (sulfide) groups is 1. The molecule has 2 fully saturated rings. The predicted octanol–water partition coefficient (Wildman–Crippen LogP) is 1.45. The minimum Gasteiger partial charge on any atom is -0.481 e. The van der Waals surface area contributed by atoms with E-state index in [9.17, 15) is 19.5 Å². The topological polar surface area (TPSA) is 86.7 Å². The molecule has 1 heterocycles. The van der Waals surface area contributed by atoms with Gasteiger partial charge in [-0.2, -0.15) is 0 Å². The number of hydrogen-bond acceptors (Lipinski definition) is 4. The highest BCUT2D eigenvalue weighted by molar-refractivity contribution is 7.99. The second-order valence-electron chi connectivity index (χ2n) is 6.28. The first-order valence-electron chi connectivity index (χ1n) is 7.81. The van der Waals surface area contributed by atoms with E-state index in [2.05, 4.69) is 5.32 Å². The SMILES string of the molecule is CCC(=O)N1CSCC1C(=O)NC1(C)CCCCC1C(=O)O. The second kappa shape index (κ2) is 6.89. The van der Waals surface area contributed by atoms with Crippen LogP contribution in [0.4, 0.5) is 0 Å². The van der Waals surface area contributed by atoms with E-state index in [1.54, 1.807) is 23.6 Å². The molecule has 2 aliphatic rings. The fourth-order valence-electron chi connectivity index (χ4n) is 3.35. The van der Waals surface area contributed by atoms with Crippen LogP contribution in [0.15, 0.2) is 0 Å². The Morgan fingerprint density at radius 1 is 1.36 bits per heavy atom. The molecular formula is C15H24N2O4S. The van der Waals surface area contributed by atoms with Crippen LogP contribution in [-0.4, -0.2) is 51.0 Å². The van der Waals surface area contributed by atoms with E-state index in [1.165, 1.54) is 0 Å². The molecular weight excluding hydrogens is 304 g/mol. The Morgan fingerprint density at radius 3 is 2.73 bits per heavy atom. The number of hydrogen-bond donors (Lipinski definition) is 2. The first kappa shape index (κ1) is 17.1. The Hall–Kier alpha value is -1.24. The summed E-state index contributed by atoms with van der Waals surface area (Å²) in [5.41, 5.74) is -0.727. The van der Waals surface area contributed by atoms with Crippen molar-refractivity contribution in [3.8, 4) is 0 Å². The largest absolute Gasteiger partial charge is 0.481 e. The lowest BCUT2D eigenvalue weighted by Gasteiger charge is -2.40. The zero-order valence-electron chi connectivity index (χ0n) is 13.1. The summed E-state index contributed by atoms with van der Waals surface area (Å²) in [4.78, 5) is 37.6. The monoisotopic (exact) mass is 328 g/mol. The Kier molecular flexibility index (Phi) is 5.36. The van der Waals surface area contributed by atoms with Gasteiger partial charge in [0.25, 0.3) is 0 Å². The van der Waals surface area contributed by atoms with Crippen molar-refractivity contribution in [1.29, 1.82) is 0 Å². The first-order valence-corrected chi connectivity index (χ1v) is 8.96. The minimum absolute atomic E-state index is 0.0336. The molecule has 0 spiro atoms. The number of rotatable bonds is 4. The molecule has 2 rings (SSSR count). The number of aliphatic carboxylic acids is 1. The molecule has 1 aliphatic carbocycles. The van der Waals surface area contributed by atoms with Crippen LogP contribution in [0.5, 0.6) is 0 Å². The van der Waals surface area contributed by atoms with Crippen molar-refractivity contribution in [2.75, 3.05) is 11.6 Å². The molecule has 1 aliphatic heterocycles. The van der Waals surface area contributed by atoms with Crippen molar-refractivity contribution >= 4 is 29.5 Å². The average Bonchev–Trinajstić information content (AvgIpc) is 2.95. The summed E-state index contributed by atoms with van der Waals surface area (Å²) in [6.07, 6.45) is 3.42. The van der Waals surface area contributed by atoms with E-state index in [0.29, 0.717) is 30.9 Å². The molecule has 0 aromatic heterocycles. The van der Waals surface area contributed by atoms with Crippen molar-refractivity contribution in [3.63, 3.8) is 0 Å². The van der Waals surface area contributed by atoms with Gasteiger partial charge in [0.2, 0.25) is 11.8 Å². The molecule has 1 saturated carbocycles. The zero-order valence-corrected chi connectivity index (χ0v) is 13.9. The molecule has 0 aromatic carbocycles. The molecule has 22 heavy (non-hydrogen) atoms. The summed E-state index contributed by atoms with van der Waals surface area (Å²) in [6.45, 7) is 3.60. The average molecular weight is 328 g/mol. The highest BCUT2D eigenvalue weighted by Crippen LogP contribution is 2.34. The van der Waals surface area contributed by atoms with E-state index >= 15 is 0 Å². The van der Waals surface area contributed by atoms with Gasteiger partial charge in [0, 0.05) is 12.2 Å². The van der Waals surface area contributed by atoms with Crippen molar-refractivity contribution in [3.05, 3.63) is 0 Å². The van der Waals surface area contributed by atoms with Crippen molar-refractivity contribution in [2.24, 2.45) is 5.92 Å². The quantitative estimate of drug-likeness (QED) is 0.815. The van der Waals surface area contributed by atoms with E-state index in [0.717, 1.165) is 12.8 Å². The minimum atomic E-state index is -0.857. The van der Waals surface area contributed by atoms with Gasteiger partial charge in [0.05, 0.1) is 17.3 Å². The summed E-state index contributed by atoms with van der Waals surface area (Å²) in [6, 6.07) is -0.481. The van der Waals surface area contributed by atoms with Crippen LogP contribution >= 0.6 is 11.8 Å². The lowest BCUT2D eigenvalue weighted by Crippen LogP contribution is -2.59. The van der Waals surface area contributed by atoms with Crippen LogP contribution in [0.3, 0.4) is 0 Å². The van der Waals surface area contributed by atoms with Gasteiger partial charge >= 0.3 is 5.97 Å². The smallest absolute Gasteiger partial charge is 0.308 e. The molecule has 0 radical (unpaired) electrons. The van der Waals surface area contributed by atoms with Crippen molar-refractivity contribution < 1.29 is 19.5 Å². The Balaban J connectivity index is 2.09. The lowest BCUT2D eigenvalue weighted by atomic mass is 9.73. The Morgan fingerprint density at radius 2 is 2.09 bits per heavy atom. The standard InChI is InChI=1S/C15H24N2O4S/c1-3-12(18)17-9-22-8-11(17)13(19)16-15(2)7-5-4-6-10(15)14(20)21/h10-11H,3-9H2,1-2H3,(H,16,19)(H,20,21). The summed E-state index contributed by atoms with van der Waals surface area (Å²) in [7, 11) is 0. The van der Waals surface area contributed by atoms with Crippen LogP contribution in [0.2, 0.25) is 0 Å². The maximum atomic E-state index is 12.6. The van der Waals surface area contributed by atoms with Crippen LogP contribution in [0, 0.1) is 5.92 Å². The maximum absolute atomic E-state index is 12.6. The normalized spacial score (nSPS) is 31.8. The summed E-state index contributed by atoms with van der Waals surface area (Å²) in [5.74, 6) is -0.564. The predicted molar refractivity (Wildman–Crippen MR) is 84.4 cm³/mol. The first-order chi connectivity index (χ1) is 10.4. The van der Waals surface area contributed by atoms with Gasteiger partial charge in [-0.25, -0.2) is 0 Å². The van der Waals surface area contributed by atoms with Gasteiger partial charge in [-0.3, -0.25) is 14.4 Å². The highest BCUT2D eigenvalue weighted by atomic mass is 32.2. The molecule has 1 saturated heterocycles. The molecule has 3 unspecified atom stereocenters. The van der Waals surface area contributed by atoms with Crippen LogP contribution < -0.4 is 5.32 Å². The van der Waals surface area contributed by atoms with Gasteiger partial charge in [-0.1, -0.05) is 19.8 Å². The van der Waals surface area contributed by atoms with Gasteiger partial charge in [-0.15, -0.1) is 11.8 Å². The number of carbonyl (C=O) groups is 3. The lowest BCUT2D eigenvalue weighted by molar-refractivity contribution is -0.148. The van der Waals surface area contributed by atoms with E-state index in [4.69, 9.17) is 0 Å². The Labute approximate surface area is 135 Å². The third-order valence-electron chi connectivity index (χ3n) is 4.72. The van der Waals surface area contributed by atoms with E-state index in [1.807, 2.05) is 6.92 Å². The van der Waals surface area contributed by atoms with E-state index in [-0.39, 0.29) is 11.8 Å². The molecule has 6 nitrogen and oxygen atoms in total. The summed E-state index contributed by atoms with van der Waals surface area (Å²) in [5, 5.41) is 12.4. The molecule has 0 bridgehead atoms. The third kappa shape index (κ3) is 3.39. The zero-order chi connectivity index (χ0) is 16.3. The highest BCUT2D eigenvalue weighted by Gasteiger charge is 2.44. The number of nitrogens with one attached hydrogen (secondary N) is 1. The molecule has 124 valence electrons. The number of nitrogens with zero attached hydrogens (tertiary/aromatic N) is 1.